The summed E-state index contributed by atoms with van der Waals surface area (Å²) in [6.07, 6.45) is 2.13. The Balaban J connectivity index is 2.22. The lowest BCUT2D eigenvalue weighted by Crippen LogP contribution is -2.38. The lowest BCUT2D eigenvalue weighted by molar-refractivity contribution is -0.130. The predicted molar refractivity (Wildman–Crippen MR) is 66.3 cm³/mol. The van der Waals surface area contributed by atoms with E-state index in [1.54, 1.807) is 11.3 Å². The molecule has 0 radical (unpaired) electrons. The molecule has 4 heteroatoms. The van der Waals surface area contributed by atoms with Crippen LogP contribution < -0.4 is 5.32 Å². The topological polar surface area (TPSA) is 32.3 Å². The fraction of sp³-hybridized carbons (Fsp3) is 0.583. The van der Waals surface area contributed by atoms with Crippen LogP contribution in [0.4, 0.5) is 0 Å². The Hall–Kier alpha value is -0.870. The third-order valence-corrected chi connectivity index (χ3v) is 4.09. The molecule has 2 heterocycles. The van der Waals surface area contributed by atoms with E-state index in [1.807, 2.05) is 11.0 Å². The van der Waals surface area contributed by atoms with Crippen LogP contribution in [0.2, 0.25) is 0 Å². The summed E-state index contributed by atoms with van der Waals surface area (Å²) in [6.45, 7) is 4.76. The molecule has 1 aromatic heterocycles. The van der Waals surface area contributed by atoms with E-state index in [0.29, 0.717) is 12.6 Å². The van der Waals surface area contributed by atoms with Crippen LogP contribution in [-0.4, -0.2) is 23.4 Å². The van der Waals surface area contributed by atoms with Crippen LogP contribution in [0.1, 0.15) is 37.7 Å². The molecule has 1 amide bonds. The van der Waals surface area contributed by atoms with Gasteiger partial charge in [-0.1, -0.05) is 19.9 Å². The zero-order valence-electron chi connectivity index (χ0n) is 9.77. The highest BCUT2D eigenvalue weighted by Gasteiger charge is 2.35. The Bertz CT molecular complexity index is 346. The number of carbonyl (C=O) groups is 1. The van der Waals surface area contributed by atoms with Gasteiger partial charge < -0.3 is 4.90 Å². The number of hydrogen-bond donors (Lipinski definition) is 1. The summed E-state index contributed by atoms with van der Waals surface area (Å²) in [5.41, 5.74) is 0. The minimum Gasteiger partial charge on any atom is -0.318 e. The molecule has 0 aliphatic carbocycles. The van der Waals surface area contributed by atoms with Gasteiger partial charge in [0.15, 0.2) is 0 Å². The van der Waals surface area contributed by atoms with Crippen molar-refractivity contribution >= 4 is 17.2 Å². The van der Waals surface area contributed by atoms with Crippen LogP contribution in [0, 0.1) is 0 Å². The van der Waals surface area contributed by atoms with Gasteiger partial charge in [0.05, 0.1) is 6.54 Å². The zero-order valence-corrected chi connectivity index (χ0v) is 10.6. The third kappa shape index (κ3) is 1.99. The van der Waals surface area contributed by atoms with Crippen molar-refractivity contribution < 1.29 is 4.79 Å². The Morgan fingerprint density at radius 1 is 1.56 bits per heavy atom. The Labute approximate surface area is 100 Å². The summed E-state index contributed by atoms with van der Waals surface area (Å²) in [4.78, 5) is 15.2. The van der Waals surface area contributed by atoms with Crippen molar-refractivity contribution in [2.24, 2.45) is 0 Å². The third-order valence-electron chi connectivity index (χ3n) is 3.16. The van der Waals surface area contributed by atoms with Crippen molar-refractivity contribution in [1.29, 1.82) is 0 Å². The summed E-state index contributed by atoms with van der Waals surface area (Å²) in [5, 5.41) is 5.36. The number of amides is 1. The zero-order chi connectivity index (χ0) is 11.5. The Kier molecular flexibility index (Phi) is 3.61. The molecule has 1 aliphatic rings. The van der Waals surface area contributed by atoms with Gasteiger partial charge >= 0.3 is 0 Å². The summed E-state index contributed by atoms with van der Waals surface area (Å²) in [5.74, 6) is 0.229. The first kappa shape index (κ1) is 11.6. The number of carbonyl (C=O) groups excluding carboxylic acids is 1. The van der Waals surface area contributed by atoms with Crippen LogP contribution >= 0.6 is 11.3 Å². The van der Waals surface area contributed by atoms with Crippen LogP contribution in [0.5, 0.6) is 0 Å². The molecule has 1 aromatic rings. The van der Waals surface area contributed by atoms with Crippen molar-refractivity contribution in [1.82, 2.24) is 10.2 Å². The minimum atomic E-state index is 0.0948. The Morgan fingerprint density at radius 3 is 2.88 bits per heavy atom. The maximum absolute atomic E-state index is 11.9. The molecular formula is C12H18N2OS. The van der Waals surface area contributed by atoms with Gasteiger partial charge in [0.25, 0.3) is 0 Å². The fourth-order valence-corrected chi connectivity index (χ4v) is 3.10. The van der Waals surface area contributed by atoms with Gasteiger partial charge in [-0.3, -0.25) is 10.1 Å². The van der Waals surface area contributed by atoms with Crippen molar-refractivity contribution in [3.05, 3.63) is 22.4 Å². The average molecular weight is 238 g/mol. The first-order valence-electron chi connectivity index (χ1n) is 5.85. The van der Waals surface area contributed by atoms with Gasteiger partial charge in [-0.2, -0.15) is 0 Å². The Morgan fingerprint density at radius 2 is 2.31 bits per heavy atom. The molecule has 1 fully saturated rings. The largest absolute Gasteiger partial charge is 0.318 e. The van der Waals surface area contributed by atoms with Gasteiger partial charge in [0.2, 0.25) is 5.91 Å². The van der Waals surface area contributed by atoms with Crippen LogP contribution in [0.25, 0.3) is 0 Å². The molecule has 0 bridgehead atoms. The maximum Gasteiger partial charge on any atom is 0.238 e. The monoisotopic (exact) mass is 238 g/mol. The van der Waals surface area contributed by atoms with Crippen molar-refractivity contribution in [3.8, 4) is 0 Å². The highest BCUT2D eigenvalue weighted by molar-refractivity contribution is 7.10. The quantitative estimate of drug-likeness (QED) is 0.873. The van der Waals surface area contributed by atoms with E-state index in [0.717, 1.165) is 12.8 Å². The molecule has 1 N–H and O–H groups in total. The molecule has 2 rings (SSSR count). The highest BCUT2D eigenvalue weighted by Crippen LogP contribution is 2.29. The van der Waals surface area contributed by atoms with Crippen molar-refractivity contribution in [3.63, 3.8) is 0 Å². The maximum atomic E-state index is 11.9. The molecular weight excluding hydrogens is 220 g/mol. The number of nitrogens with one attached hydrogen (secondary N) is 1. The lowest BCUT2D eigenvalue weighted by Gasteiger charge is -2.31. The van der Waals surface area contributed by atoms with E-state index >= 15 is 0 Å². The second kappa shape index (κ2) is 4.97. The van der Waals surface area contributed by atoms with E-state index in [2.05, 4.69) is 30.6 Å². The smallest absolute Gasteiger partial charge is 0.238 e. The average Bonchev–Trinajstić information content (AvgIpc) is 2.91. The second-order valence-corrected chi connectivity index (χ2v) is 5.05. The van der Waals surface area contributed by atoms with Crippen LogP contribution in [-0.2, 0) is 4.79 Å². The molecule has 3 nitrogen and oxygen atoms in total. The normalized spacial score (nSPS) is 21.1. The van der Waals surface area contributed by atoms with Crippen LogP contribution in [0.15, 0.2) is 17.5 Å². The molecule has 0 saturated carbocycles. The van der Waals surface area contributed by atoms with Crippen molar-refractivity contribution in [2.75, 3.05) is 6.54 Å². The number of rotatable bonds is 4. The first-order valence-corrected chi connectivity index (χ1v) is 6.73. The molecule has 88 valence electrons. The second-order valence-electron chi connectivity index (χ2n) is 4.07. The lowest BCUT2D eigenvalue weighted by atomic mass is 10.1. The molecule has 16 heavy (non-hydrogen) atoms. The standard InChI is InChI=1S/C12H18N2OS/c1-3-9(4-2)14-11(15)8-13-12(14)10-6-5-7-16-10/h5-7,9,12-13H,3-4,8H2,1-2H3. The highest BCUT2D eigenvalue weighted by atomic mass is 32.1. The van der Waals surface area contributed by atoms with Gasteiger partial charge in [-0.15, -0.1) is 11.3 Å². The van der Waals surface area contributed by atoms with E-state index in [-0.39, 0.29) is 12.1 Å². The van der Waals surface area contributed by atoms with Gasteiger partial charge in [-0.25, -0.2) is 0 Å². The number of nitrogens with zero attached hydrogens (tertiary/aromatic N) is 1. The fourth-order valence-electron chi connectivity index (χ4n) is 2.30. The van der Waals surface area contributed by atoms with Crippen molar-refractivity contribution in [2.45, 2.75) is 38.9 Å². The molecule has 1 aliphatic heterocycles. The minimum absolute atomic E-state index is 0.0948. The SMILES string of the molecule is CCC(CC)N1C(=O)CNC1c1cccs1. The van der Waals surface area contributed by atoms with Gasteiger partial charge in [-0.05, 0) is 24.3 Å². The van der Waals surface area contributed by atoms with E-state index in [9.17, 15) is 4.79 Å². The number of hydrogen-bond acceptors (Lipinski definition) is 3. The summed E-state index contributed by atoms with van der Waals surface area (Å²) in [7, 11) is 0. The number of thiophene rings is 1. The van der Waals surface area contributed by atoms with Gasteiger partial charge in [0.1, 0.15) is 6.17 Å². The molecule has 1 saturated heterocycles. The molecule has 0 spiro atoms. The molecule has 0 aromatic carbocycles. The molecule has 1 unspecified atom stereocenters. The predicted octanol–water partition coefficient (Wildman–Crippen LogP) is 2.37. The molecule has 1 atom stereocenters. The van der Waals surface area contributed by atoms with E-state index in [4.69, 9.17) is 0 Å². The van der Waals surface area contributed by atoms with Gasteiger partial charge in [0, 0.05) is 10.9 Å². The summed E-state index contributed by atoms with van der Waals surface area (Å²) in [6, 6.07) is 4.49. The summed E-state index contributed by atoms with van der Waals surface area (Å²) >= 11 is 1.71. The van der Waals surface area contributed by atoms with E-state index < -0.39 is 0 Å². The first-order chi connectivity index (χ1) is 7.77. The van der Waals surface area contributed by atoms with Crippen LogP contribution in [0.3, 0.4) is 0 Å². The summed E-state index contributed by atoms with van der Waals surface area (Å²) < 4.78 is 0. The van der Waals surface area contributed by atoms with E-state index in [1.165, 1.54) is 4.88 Å².